The smallest absolute Gasteiger partial charge is 0.300 e. The van der Waals surface area contributed by atoms with E-state index in [1.54, 1.807) is 24.3 Å². The molecule has 0 bridgehead atoms. The van der Waals surface area contributed by atoms with Gasteiger partial charge in [0, 0.05) is 36.1 Å². The molecule has 4 rings (SSSR count). The van der Waals surface area contributed by atoms with Crippen molar-refractivity contribution in [1.29, 1.82) is 0 Å². The average molecular weight is 447 g/mol. The minimum absolute atomic E-state index is 0.0514. The number of rotatable bonds is 4. The summed E-state index contributed by atoms with van der Waals surface area (Å²) in [6.45, 7) is 1.95. The molecule has 1 amide bonds. The molecule has 0 aliphatic carbocycles. The van der Waals surface area contributed by atoms with E-state index in [0.29, 0.717) is 16.3 Å². The van der Waals surface area contributed by atoms with Crippen LogP contribution in [0.5, 0.6) is 0 Å². The van der Waals surface area contributed by atoms with Gasteiger partial charge < -0.3 is 10.0 Å². The molecule has 0 aromatic heterocycles. The zero-order valence-corrected chi connectivity index (χ0v) is 18.8. The fraction of sp³-hybridized carbons (Fsp3) is 0.154. The number of hydrogen-bond donors (Lipinski definition) is 1. The van der Waals surface area contributed by atoms with Gasteiger partial charge in [0.1, 0.15) is 5.76 Å². The maximum absolute atomic E-state index is 13.2. The van der Waals surface area contributed by atoms with Crippen LogP contribution in [0.3, 0.4) is 0 Å². The number of benzene rings is 3. The van der Waals surface area contributed by atoms with Gasteiger partial charge in [-0.15, -0.1) is 0 Å². The molecule has 5 nitrogen and oxygen atoms in total. The number of carbonyl (C=O) groups excluding carboxylic acids is 2. The largest absolute Gasteiger partial charge is 0.507 e. The molecule has 1 N–H and O–H groups in total. The van der Waals surface area contributed by atoms with Crippen LogP contribution in [-0.2, 0) is 9.59 Å². The fourth-order valence-corrected chi connectivity index (χ4v) is 3.96. The third kappa shape index (κ3) is 3.87. The predicted molar refractivity (Wildman–Crippen MR) is 128 cm³/mol. The van der Waals surface area contributed by atoms with Crippen molar-refractivity contribution < 1.29 is 14.7 Å². The lowest BCUT2D eigenvalue weighted by atomic mass is 9.95. The van der Waals surface area contributed by atoms with E-state index in [2.05, 4.69) is 0 Å². The average Bonchev–Trinajstić information content (AvgIpc) is 3.05. The van der Waals surface area contributed by atoms with Crippen LogP contribution in [0, 0.1) is 6.92 Å². The van der Waals surface area contributed by atoms with Crippen LogP contribution in [0.25, 0.3) is 5.76 Å². The summed E-state index contributed by atoms with van der Waals surface area (Å²) in [5.74, 6) is -1.62. The SMILES string of the molecule is Cc1ccc(N2C(=O)C(=O)/C(=C(\O)c3ccc(Cl)cc3)C2c2ccc(N(C)C)cc2)cc1. The molecule has 1 fully saturated rings. The second kappa shape index (κ2) is 8.52. The Morgan fingerprint density at radius 2 is 1.50 bits per heavy atom. The number of anilines is 2. The summed E-state index contributed by atoms with van der Waals surface area (Å²) in [7, 11) is 3.88. The normalized spacial score (nSPS) is 17.6. The number of aliphatic hydroxyl groups excluding tert-OH is 1. The van der Waals surface area contributed by atoms with Crippen molar-refractivity contribution in [3.8, 4) is 0 Å². The summed E-state index contributed by atoms with van der Waals surface area (Å²) in [4.78, 5) is 29.7. The lowest BCUT2D eigenvalue weighted by Crippen LogP contribution is -2.29. The Labute approximate surface area is 192 Å². The van der Waals surface area contributed by atoms with Gasteiger partial charge in [-0.05, 0) is 61.0 Å². The third-order valence-electron chi connectivity index (χ3n) is 5.60. The number of carbonyl (C=O) groups is 2. The standard InChI is InChI=1S/C26H23ClN2O3/c1-16-4-12-21(13-5-16)29-23(17-8-14-20(15-9-17)28(2)3)22(25(31)26(29)32)24(30)18-6-10-19(27)11-7-18/h4-15,23,30H,1-3H3/b24-22-. The van der Waals surface area contributed by atoms with Crippen LogP contribution in [0.15, 0.2) is 78.4 Å². The number of halogens is 1. The van der Waals surface area contributed by atoms with E-state index in [1.165, 1.54) is 4.90 Å². The molecule has 0 saturated carbocycles. The highest BCUT2D eigenvalue weighted by molar-refractivity contribution is 6.51. The summed E-state index contributed by atoms with van der Waals surface area (Å²) in [5.41, 5.74) is 3.82. The molecule has 0 spiro atoms. The van der Waals surface area contributed by atoms with Crippen LogP contribution in [0.4, 0.5) is 11.4 Å². The number of aliphatic hydroxyl groups is 1. The number of ketones is 1. The van der Waals surface area contributed by atoms with E-state index in [0.717, 1.165) is 16.8 Å². The predicted octanol–water partition coefficient (Wildman–Crippen LogP) is 5.34. The molecular formula is C26H23ClN2O3. The van der Waals surface area contributed by atoms with Crippen molar-refractivity contribution in [3.05, 3.63) is 100 Å². The van der Waals surface area contributed by atoms with Gasteiger partial charge >= 0.3 is 0 Å². The number of Topliss-reactive ketones (excluding diaryl/α,β-unsaturated/α-hetero) is 1. The minimum Gasteiger partial charge on any atom is -0.507 e. The van der Waals surface area contributed by atoms with E-state index in [9.17, 15) is 14.7 Å². The number of amides is 1. The monoisotopic (exact) mass is 446 g/mol. The highest BCUT2D eigenvalue weighted by Gasteiger charge is 2.46. The van der Waals surface area contributed by atoms with E-state index >= 15 is 0 Å². The van der Waals surface area contributed by atoms with Crippen molar-refractivity contribution in [1.82, 2.24) is 0 Å². The summed E-state index contributed by atoms with van der Waals surface area (Å²) in [6, 6.07) is 20.8. The first-order chi connectivity index (χ1) is 15.3. The molecule has 1 unspecified atom stereocenters. The first-order valence-electron chi connectivity index (χ1n) is 10.2. The van der Waals surface area contributed by atoms with Crippen molar-refractivity contribution in [3.63, 3.8) is 0 Å². The molecule has 0 radical (unpaired) electrons. The first kappa shape index (κ1) is 21.7. The molecule has 1 aliphatic heterocycles. The molecule has 1 atom stereocenters. The first-order valence-corrected chi connectivity index (χ1v) is 10.6. The highest BCUT2D eigenvalue weighted by atomic mass is 35.5. The zero-order chi connectivity index (χ0) is 23.0. The summed E-state index contributed by atoms with van der Waals surface area (Å²) in [5, 5.41) is 11.6. The highest BCUT2D eigenvalue weighted by Crippen LogP contribution is 2.42. The number of hydrogen-bond acceptors (Lipinski definition) is 4. The van der Waals surface area contributed by atoms with Crippen LogP contribution in [-0.4, -0.2) is 30.9 Å². The van der Waals surface area contributed by atoms with Crippen LogP contribution in [0.2, 0.25) is 5.02 Å². The van der Waals surface area contributed by atoms with Crippen LogP contribution >= 0.6 is 11.6 Å². The fourth-order valence-electron chi connectivity index (χ4n) is 3.84. The molecule has 6 heteroatoms. The van der Waals surface area contributed by atoms with Crippen LogP contribution in [0.1, 0.15) is 22.7 Å². The quantitative estimate of drug-likeness (QED) is 0.334. The van der Waals surface area contributed by atoms with E-state index in [-0.39, 0.29) is 11.3 Å². The summed E-state index contributed by atoms with van der Waals surface area (Å²) in [6.07, 6.45) is 0. The molecule has 1 saturated heterocycles. The van der Waals surface area contributed by atoms with Gasteiger partial charge in [0.05, 0.1) is 11.6 Å². The Morgan fingerprint density at radius 3 is 2.06 bits per heavy atom. The van der Waals surface area contributed by atoms with Crippen molar-refractivity contribution in [2.45, 2.75) is 13.0 Å². The second-order valence-corrected chi connectivity index (χ2v) is 8.43. The Kier molecular flexibility index (Phi) is 5.76. The molecular weight excluding hydrogens is 424 g/mol. The zero-order valence-electron chi connectivity index (χ0n) is 18.0. The van der Waals surface area contributed by atoms with Gasteiger partial charge in [-0.3, -0.25) is 14.5 Å². The molecule has 32 heavy (non-hydrogen) atoms. The van der Waals surface area contributed by atoms with Gasteiger partial charge in [0.15, 0.2) is 0 Å². The molecule has 3 aromatic carbocycles. The van der Waals surface area contributed by atoms with Crippen molar-refractivity contribution in [2.24, 2.45) is 0 Å². The Hall–Kier alpha value is -3.57. The van der Waals surface area contributed by atoms with Gasteiger partial charge in [-0.2, -0.15) is 0 Å². The van der Waals surface area contributed by atoms with Gasteiger partial charge in [0.25, 0.3) is 11.7 Å². The van der Waals surface area contributed by atoms with E-state index in [4.69, 9.17) is 11.6 Å². The maximum atomic E-state index is 13.2. The van der Waals surface area contributed by atoms with Crippen LogP contribution < -0.4 is 9.80 Å². The molecule has 1 heterocycles. The maximum Gasteiger partial charge on any atom is 0.300 e. The minimum atomic E-state index is -0.760. The lowest BCUT2D eigenvalue weighted by molar-refractivity contribution is -0.132. The van der Waals surface area contributed by atoms with Gasteiger partial charge in [0.2, 0.25) is 0 Å². The van der Waals surface area contributed by atoms with E-state index < -0.39 is 17.7 Å². The van der Waals surface area contributed by atoms with E-state index in [1.807, 2.05) is 74.4 Å². The number of nitrogens with zero attached hydrogens (tertiary/aromatic N) is 2. The second-order valence-electron chi connectivity index (χ2n) is 8.00. The molecule has 3 aromatic rings. The third-order valence-corrected chi connectivity index (χ3v) is 5.85. The molecule has 162 valence electrons. The van der Waals surface area contributed by atoms with Crippen molar-refractivity contribution >= 4 is 40.4 Å². The lowest BCUT2D eigenvalue weighted by Gasteiger charge is -2.26. The Bertz CT molecular complexity index is 1200. The van der Waals surface area contributed by atoms with Gasteiger partial charge in [-0.1, -0.05) is 41.4 Å². The van der Waals surface area contributed by atoms with Crippen molar-refractivity contribution in [2.75, 3.05) is 23.9 Å². The number of aryl methyl sites for hydroxylation is 1. The van der Waals surface area contributed by atoms with Gasteiger partial charge in [-0.25, -0.2) is 0 Å². The topological polar surface area (TPSA) is 60.9 Å². The Balaban J connectivity index is 1.91. The Morgan fingerprint density at radius 1 is 0.906 bits per heavy atom. The molecule has 1 aliphatic rings. The summed E-state index contributed by atoms with van der Waals surface area (Å²) >= 11 is 5.98. The summed E-state index contributed by atoms with van der Waals surface area (Å²) < 4.78 is 0.